The normalized spacial score (nSPS) is 13.1. The molecule has 0 aliphatic heterocycles. The third kappa shape index (κ3) is 5.29. The van der Waals surface area contributed by atoms with Crippen LogP contribution in [0.25, 0.3) is 17.1 Å². The van der Waals surface area contributed by atoms with Crippen LogP contribution >= 0.6 is 0 Å². The number of aryl methyl sites for hydroxylation is 1. The van der Waals surface area contributed by atoms with Crippen molar-refractivity contribution in [2.45, 2.75) is 38.5 Å². The molecule has 13 heteroatoms. The summed E-state index contributed by atoms with van der Waals surface area (Å²) >= 11 is 0. The predicted octanol–water partition coefficient (Wildman–Crippen LogP) is 2.87. The highest BCUT2D eigenvalue weighted by Crippen LogP contribution is 2.38. The van der Waals surface area contributed by atoms with Gasteiger partial charge in [-0.05, 0) is 43.2 Å². The van der Waals surface area contributed by atoms with E-state index in [1.807, 2.05) is 6.92 Å². The van der Waals surface area contributed by atoms with Gasteiger partial charge in [0.25, 0.3) is 0 Å². The Balaban J connectivity index is 1.84. The second-order valence-corrected chi connectivity index (χ2v) is 10.7. The highest BCUT2D eigenvalue weighted by molar-refractivity contribution is 7.93. The van der Waals surface area contributed by atoms with Crippen molar-refractivity contribution < 1.29 is 23.0 Å². The summed E-state index contributed by atoms with van der Waals surface area (Å²) in [4.78, 5) is 12.8. The van der Waals surface area contributed by atoms with Crippen LogP contribution in [0.4, 0.5) is 5.95 Å². The molecule has 2 unspecified atom stereocenters. The molecule has 4 aromatic rings. The summed E-state index contributed by atoms with van der Waals surface area (Å²) in [5.74, 6) is 0.860. The van der Waals surface area contributed by atoms with Crippen LogP contribution in [0.15, 0.2) is 49.1 Å². The number of hydrogen-bond donors (Lipinski definition) is 2. The number of para-hydroxylation sites is 1. The van der Waals surface area contributed by atoms with E-state index >= 15 is 0 Å². The number of benzene rings is 1. The van der Waals surface area contributed by atoms with Gasteiger partial charge in [-0.15, -0.1) is 10.2 Å². The van der Waals surface area contributed by atoms with E-state index in [-0.39, 0.29) is 18.4 Å². The van der Waals surface area contributed by atoms with Gasteiger partial charge in [-0.25, -0.2) is 18.4 Å². The minimum absolute atomic E-state index is 0.0823. The Bertz CT molecular complexity index is 1500. The molecule has 0 fully saturated rings. The van der Waals surface area contributed by atoms with Crippen molar-refractivity contribution in [3.8, 4) is 28.6 Å². The van der Waals surface area contributed by atoms with Gasteiger partial charge in [0.15, 0.2) is 5.82 Å². The van der Waals surface area contributed by atoms with Crippen molar-refractivity contribution in [3.63, 3.8) is 0 Å². The fraction of sp³-hybridized carbons (Fsp3) is 0.320. The molecule has 0 aliphatic rings. The molecule has 3 heterocycles. The zero-order valence-corrected chi connectivity index (χ0v) is 22.5. The average Bonchev–Trinajstić information content (AvgIpc) is 3.34. The van der Waals surface area contributed by atoms with Gasteiger partial charge < -0.3 is 14.6 Å². The maximum Gasteiger partial charge on any atom is 0.243 e. The van der Waals surface area contributed by atoms with E-state index in [1.54, 1.807) is 56.7 Å². The number of aliphatic hydroxyl groups is 1. The van der Waals surface area contributed by atoms with E-state index in [2.05, 4.69) is 29.9 Å². The molecule has 2 atom stereocenters. The lowest BCUT2D eigenvalue weighted by Crippen LogP contribution is -2.31. The van der Waals surface area contributed by atoms with Gasteiger partial charge in [0.05, 0.1) is 26.1 Å². The van der Waals surface area contributed by atoms with Crippen molar-refractivity contribution >= 4 is 16.0 Å². The summed E-state index contributed by atoms with van der Waals surface area (Å²) in [5, 5.41) is 17.1. The number of rotatable bonds is 10. The second kappa shape index (κ2) is 11.1. The molecule has 0 saturated carbocycles. The summed E-state index contributed by atoms with van der Waals surface area (Å²) in [6, 6.07) is 6.85. The van der Waals surface area contributed by atoms with Gasteiger partial charge in [0, 0.05) is 36.3 Å². The fourth-order valence-corrected chi connectivity index (χ4v) is 5.07. The second-order valence-electron chi connectivity index (χ2n) is 8.69. The molecule has 0 radical (unpaired) electrons. The van der Waals surface area contributed by atoms with Crippen LogP contribution in [-0.2, 0) is 16.6 Å². The van der Waals surface area contributed by atoms with E-state index in [0.717, 1.165) is 5.56 Å². The van der Waals surface area contributed by atoms with Crippen LogP contribution in [0, 0.1) is 6.92 Å². The lowest BCUT2D eigenvalue weighted by Gasteiger charge is -2.21. The van der Waals surface area contributed by atoms with Gasteiger partial charge >= 0.3 is 0 Å². The maximum atomic E-state index is 13.6. The number of nitrogens with one attached hydrogen (secondary N) is 1. The van der Waals surface area contributed by atoms with E-state index in [9.17, 15) is 13.5 Å². The van der Waals surface area contributed by atoms with Crippen molar-refractivity contribution in [3.05, 3.63) is 66.0 Å². The van der Waals surface area contributed by atoms with Crippen LogP contribution in [-0.4, -0.2) is 62.7 Å². The van der Waals surface area contributed by atoms with Crippen molar-refractivity contribution in [1.82, 2.24) is 29.7 Å². The van der Waals surface area contributed by atoms with Crippen LogP contribution in [0.1, 0.15) is 36.7 Å². The lowest BCUT2D eigenvalue weighted by atomic mass is 10.1. The summed E-state index contributed by atoms with van der Waals surface area (Å²) in [6.07, 6.45) is 6.36. The van der Waals surface area contributed by atoms with Crippen molar-refractivity contribution in [2.24, 2.45) is 0 Å². The molecule has 0 aliphatic carbocycles. The standard InChI is InChI=1S/C25H29N7O5S/c1-15-10-27-23(28-11-15)16(2)17(3)38(34,35)31-25-30-29-24(19-9-18(14-33)12-26-13-19)32(25)22-20(36-4)7-6-8-21(22)37-5/h6-13,16-17,33H,14H2,1-5H3,(H,30,31). The SMILES string of the molecule is COc1cccc(OC)c1-n1c(NS(=O)(=O)C(C)C(C)c2ncc(C)cn2)nnc1-c1cncc(CO)c1. The number of pyridine rings is 1. The van der Waals surface area contributed by atoms with Crippen LogP contribution in [0.2, 0.25) is 0 Å². The molecule has 3 aromatic heterocycles. The van der Waals surface area contributed by atoms with Crippen molar-refractivity contribution in [1.29, 1.82) is 0 Å². The molecule has 0 bridgehead atoms. The Kier molecular flexibility index (Phi) is 7.88. The number of sulfonamides is 1. The Hall–Kier alpha value is -4.10. The number of nitrogens with zero attached hydrogens (tertiary/aromatic N) is 6. The van der Waals surface area contributed by atoms with Gasteiger partial charge in [-0.3, -0.25) is 14.3 Å². The number of methoxy groups -OCH3 is 2. The minimum atomic E-state index is -4.01. The number of aromatic nitrogens is 6. The molecule has 200 valence electrons. The first-order valence-electron chi connectivity index (χ1n) is 11.7. The van der Waals surface area contributed by atoms with Crippen LogP contribution in [0.3, 0.4) is 0 Å². The summed E-state index contributed by atoms with van der Waals surface area (Å²) in [7, 11) is -1.03. The largest absolute Gasteiger partial charge is 0.494 e. The molecular formula is C25H29N7O5S. The third-order valence-electron chi connectivity index (χ3n) is 6.16. The molecule has 0 amide bonds. The summed E-state index contributed by atoms with van der Waals surface area (Å²) < 4.78 is 42.4. The fourth-order valence-electron chi connectivity index (χ4n) is 3.83. The molecular weight excluding hydrogens is 510 g/mol. The topological polar surface area (TPSA) is 154 Å². The summed E-state index contributed by atoms with van der Waals surface area (Å²) in [5.41, 5.74) is 2.30. The number of ether oxygens (including phenoxy) is 2. The first kappa shape index (κ1) is 26.9. The highest BCUT2D eigenvalue weighted by atomic mass is 32.2. The lowest BCUT2D eigenvalue weighted by molar-refractivity contribution is 0.281. The Labute approximate surface area is 220 Å². The molecule has 4 rings (SSSR count). The van der Waals surface area contributed by atoms with Gasteiger partial charge in [0.2, 0.25) is 16.0 Å². The third-order valence-corrected chi connectivity index (χ3v) is 8.01. The van der Waals surface area contributed by atoms with Gasteiger partial charge in [-0.2, -0.15) is 0 Å². The van der Waals surface area contributed by atoms with Crippen molar-refractivity contribution in [2.75, 3.05) is 18.9 Å². The molecule has 2 N–H and O–H groups in total. The average molecular weight is 540 g/mol. The molecule has 1 aromatic carbocycles. The molecule has 0 spiro atoms. The first-order chi connectivity index (χ1) is 18.2. The molecule has 38 heavy (non-hydrogen) atoms. The van der Waals surface area contributed by atoms with E-state index in [1.165, 1.54) is 25.0 Å². The Morgan fingerprint density at radius 1 is 1.03 bits per heavy atom. The maximum absolute atomic E-state index is 13.6. The Morgan fingerprint density at radius 2 is 1.68 bits per heavy atom. The highest BCUT2D eigenvalue weighted by Gasteiger charge is 2.32. The molecule has 12 nitrogen and oxygen atoms in total. The van der Waals surface area contributed by atoms with E-state index < -0.39 is 21.2 Å². The van der Waals surface area contributed by atoms with Crippen LogP contribution < -0.4 is 14.2 Å². The predicted molar refractivity (Wildman–Crippen MR) is 141 cm³/mol. The molecule has 0 saturated heterocycles. The van der Waals surface area contributed by atoms with E-state index in [4.69, 9.17) is 9.47 Å². The first-order valence-corrected chi connectivity index (χ1v) is 13.3. The Morgan fingerprint density at radius 3 is 2.29 bits per heavy atom. The van der Waals surface area contributed by atoms with Crippen LogP contribution in [0.5, 0.6) is 11.5 Å². The van der Waals surface area contributed by atoms with E-state index in [0.29, 0.717) is 34.1 Å². The monoisotopic (exact) mass is 539 g/mol. The number of aliphatic hydroxyl groups excluding tert-OH is 1. The number of anilines is 1. The quantitative estimate of drug-likeness (QED) is 0.307. The van der Waals surface area contributed by atoms with Gasteiger partial charge in [0.1, 0.15) is 23.0 Å². The minimum Gasteiger partial charge on any atom is -0.494 e. The zero-order chi connectivity index (χ0) is 27.4. The zero-order valence-electron chi connectivity index (χ0n) is 21.7. The smallest absolute Gasteiger partial charge is 0.243 e. The summed E-state index contributed by atoms with van der Waals surface area (Å²) in [6.45, 7) is 4.96. The number of hydrogen-bond acceptors (Lipinski definition) is 10. The van der Waals surface area contributed by atoms with Gasteiger partial charge in [-0.1, -0.05) is 13.0 Å².